The zero-order valence-corrected chi connectivity index (χ0v) is 30.6. The first-order valence-corrected chi connectivity index (χ1v) is 17.9. The van der Waals surface area contributed by atoms with Crippen molar-refractivity contribution in [3.05, 3.63) is 83.4 Å². The number of nitrogens with zero attached hydrogens (tertiary/aromatic N) is 3. The van der Waals surface area contributed by atoms with Crippen molar-refractivity contribution in [1.29, 1.82) is 0 Å². The predicted octanol–water partition coefficient (Wildman–Crippen LogP) is 6.94. The molecule has 16 heteroatoms. The second-order valence-corrected chi connectivity index (χ2v) is 13.7. The Kier molecular flexibility index (Phi) is 11.3. The van der Waals surface area contributed by atoms with Gasteiger partial charge in [-0.05, 0) is 74.7 Å². The third-order valence-electron chi connectivity index (χ3n) is 9.69. The fourth-order valence-electron chi connectivity index (χ4n) is 6.79. The Morgan fingerprint density at radius 3 is 2.39 bits per heavy atom. The van der Waals surface area contributed by atoms with E-state index in [9.17, 15) is 37.5 Å². The van der Waals surface area contributed by atoms with Crippen LogP contribution < -0.4 is 10.5 Å². The van der Waals surface area contributed by atoms with Gasteiger partial charge in [0.05, 0.1) is 19.8 Å². The van der Waals surface area contributed by atoms with E-state index in [1.54, 1.807) is 32.0 Å². The number of aromatic hydroxyl groups is 1. The van der Waals surface area contributed by atoms with Crippen molar-refractivity contribution in [3.63, 3.8) is 0 Å². The Hall–Kier alpha value is -6.03. The number of nitrogens with two attached hydrogens (primary N) is 1. The maximum atomic E-state index is 13.9. The molecule has 2 fully saturated rings. The van der Waals surface area contributed by atoms with Gasteiger partial charge in [-0.1, -0.05) is 30.3 Å². The molecule has 0 bridgehead atoms. The van der Waals surface area contributed by atoms with Crippen molar-refractivity contribution < 1.29 is 56.5 Å². The Morgan fingerprint density at radius 2 is 1.75 bits per heavy atom. The average molecular weight is 777 g/mol. The molecule has 1 amide bonds. The number of aromatic nitrogens is 2. The normalized spacial score (nSPS) is 17.3. The quantitative estimate of drug-likeness (QED) is 0.124. The van der Waals surface area contributed by atoms with Crippen molar-refractivity contribution in [2.75, 3.05) is 20.3 Å². The van der Waals surface area contributed by atoms with Gasteiger partial charge in [0, 0.05) is 35.2 Å². The molecule has 1 aliphatic carbocycles. The van der Waals surface area contributed by atoms with E-state index in [2.05, 4.69) is 9.97 Å². The van der Waals surface area contributed by atoms with Gasteiger partial charge < -0.3 is 34.7 Å². The Bertz CT molecular complexity index is 2320. The van der Waals surface area contributed by atoms with Gasteiger partial charge in [-0.25, -0.2) is 19.6 Å². The lowest BCUT2D eigenvalue weighted by Crippen LogP contribution is -2.42. The van der Waals surface area contributed by atoms with Gasteiger partial charge in [-0.3, -0.25) is 9.59 Å². The lowest BCUT2D eigenvalue weighted by Gasteiger charge is -2.22. The molecule has 4 N–H and O–H groups in total. The summed E-state index contributed by atoms with van der Waals surface area (Å²) in [4.78, 5) is 59.5. The summed E-state index contributed by atoms with van der Waals surface area (Å²) in [5.41, 5.74) is 5.05. The number of carboxylic acids is 1. The van der Waals surface area contributed by atoms with Crippen LogP contribution in [0.5, 0.6) is 11.5 Å². The number of methoxy groups -OCH3 is 1. The van der Waals surface area contributed by atoms with Crippen LogP contribution in [0.2, 0.25) is 0 Å². The predicted molar refractivity (Wildman–Crippen MR) is 196 cm³/mol. The number of alkyl halides is 3. The van der Waals surface area contributed by atoms with E-state index in [0.717, 1.165) is 24.3 Å². The van der Waals surface area contributed by atoms with E-state index in [4.69, 9.17) is 24.7 Å². The van der Waals surface area contributed by atoms with Gasteiger partial charge in [0.15, 0.2) is 11.5 Å². The second kappa shape index (κ2) is 16.0. The van der Waals surface area contributed by atoms with Crippen LogP contribution in [-0.4, -0.2) is 75.0 Å². The number of ketones is 1. The van der Waals surface area contributed by atoms with Crippen molar-refractivity contribution in [2.24, 2.45) is 17.6 Å². The fourth-order valence-corrected chi connectivity index (χ4v) is 6.79. The van der Waals surface area contributed by atoms with Crippen LogP contribution in [0.15, 0.2) is 65.1 Å². The van der Waals surface area contributed by atoms with Crippen molar-refractivity contribution in [1.82, 2.24) is 14.9 Å². The number of ether oxygens (including phenoxy) is 2. The molecule has 5 aromatic rings. The van der Waals surface area contributed by atoms with Gasteiger partial charge in [0.1, 0.15) is 40.1 Å². The third-order valence-corrected chi connectivity index (χ3v) is 9.69. The highest BCUT2D eigenvalue weighted by Gasteiger charge is 2.44. The molecule has 2 aromatic heterocycles. The number of aromatic carboxylic acids is 1. The number of phenols is 1. The maximum absolute atomic E-state index is 13.9. The minimum atomic E-state index is -4.67. The summed E-state index contributed by atoms with van der Waals surface area (Å²) >= 11 is 0. The molecule has 3 atom stereocenters. The molecule has 0 unspecified atom stereocenters. The lowest BCUT2D eigenvalue weighted by molar-refractivity contribution is -0.147. The van der Waals surface area contributed by atoms with E-state index in [-0.39, 0.29) is 94.5 Å². The molecule has 1 saturated heterocycles. The van der Waals surface area contributed by atoms with Crippen LogP contribution in [0.25, 0.3) is 33.1 Å². The minimum Gasteiger partial charge on any atom is -0.506 e. The summed E-state index contributed by atoms with van der Waals surface area (Å²) in [6.07, 6.45) is -2.41. The number of benzene rings is 3. The summed E-state index contributed by atoms with van der Waals surface area (Å²) in [5.74, 6) is -2.43. The number of fused-ring (bicyclic) bond motifs is 2. The van der Waals surface area contributed by atoms with Crippen LogP contribution in [0.3, 0.4) is 0 Å². The zero-order chi connectivity index (χ0) is 40.5. The number of hydrogen-bond donors (Lipinski definition) is 3. The summed E-state index contributed by atoms with van der Waals surface area (Å²) in [5, 5.41) is 20.0. The first kappa shape index (κ1) is 39.7. The molecule has 7 rings (SSSR count). The molecule has 56 heavy (non-hydrogen) atoms. The minimum absolute atomic E-state index is 0.0407. The topological polar surface area (TPSA) is 195 Å². The molecule has 0 radical (unpaired) electrons. The lowest BCUT2D eigenvalue weighted by atomic mass is 9.97. The van der Waals surface area contributed by atoms with Crippen LogP contribution >= 0.6 is 0 Å². The van der Waals surface area contributed by atoms with Crippen molar-refractivity contribution in [3.8, 4) is 23.0 Å². The molecule has 1 aliphatic heterocycles. The van der Waals surface area contributed by atoms with Gasteiger partial charge in [0.25, 0.3) is 5.91 Å². The molecule has 3 heterocycles. The molecule has 13 nitrogen and oxygen atoms in total. The van der Waals surface area contributed by atoms with E-state index in [1.807, 2.05) is 12.1 Å². The Balaban J connectivity index is 0.000000317. The zero-order valence-electron chi connectivity index (χ0n) is 30.6. The average Bonchev–Trinajstić information content (AvgIpc) is 3.79. The standard InChI is InChI=1S/C29H31F3N4O6.C11H8O3/c1-4-41-28(39)19-11-15(12-20(37)16-5-6-16)13-36(19)27(38)24-25(14(2)33)42-26(35-24)18-7-9-21(40-3)23-17(18)8-10-22(34-23)29(30,31)32;12-10-8-4-2-1-3-7(8)5-6-9(10)11(13)14/h7-10,14-16,19H,4-6,11-13,33H2,1-3H3;1-6,12H,(H,13,14)/t14-,15-,19-;/m0./s1. The van der Waals surface area contributed by atoms with Crippen LogP contribution in [0.4, 0.5) is 13.2 Å². The van der Waals surface area contributed by atoms with E-state index < -0.39 is 41.8 Å². The summed E-state index contributed by atoms with van der Waals surface area (Å²) in [6.45, 7) is 3.53. The monoisotopic (exact) mass is 776 g/mol. The van der Waals surface area contributed by atoms with E-state index in [0.29, 0.717) is 5.39 Å². The maximum Gasteiger partial charge on any atom is 0.433 e. The van der Waals surface area contributed by atoms with E-state index >= 15 is 0 Å². The Labute approximate surface area is 318 Å². The van der Waals surface area contributed by atoms with E-state index in [1.165, 1.54) is 36.3 Å². The number of esters is 1. The molecule has 294 valence electrons. The first-order valence-electron chi connectivity index (χ1n) is 17.9. The molecular formula is C40H39F3N4O9. The Morgan fingerprint density at radius 1 is 1.02 bits per heavy atom. The summed E-state index contributed by atoms with van der Waals surface area (Å²) in [7, 11) is 1.31. The van der Waals surface area contributed by atoms with Crippen LogP contribution in [0.1, 0.15) is 77.9 Å². The van der Waals surface area contributed by atoms with Crippen LogP contribution in [0, 0.1) is 11.8 Å². The number of hydrogen-bond acceptors (Lipinski definition) is 11. The molecule has 0 spiro atoms. The summed E-state index contributed by atoms with van der Waals surface area (Å²) in [6, 6.07) is 13.5. The number of rotatable bonds is 10. The number of Topliss-reactive ketones (excluding diaryl/α,β-unsaturated/α-hetero) is 1. The largest absolute Gasteiger partial charge is 0.506 e. The third kappa shape index (κ3) is 8.15. The highest BCUT2D eigenvalue weighted by Crippen LogP contribution is 2.39. The fraction of sp³-hybridized carbons (Fsp3) is 0.350. The van der Waals surface area contributed by atoms with Crippen LogP contribution in [-0.2, 0) is 20.5 Å². The number of carbonyl (C=O) groups is 4. The molecule has 2 aliphatic rings. The van der Waals surface area contributed by atoms with Gasteiger partial charge in [0.2, 0.25) is 5.89 Å². The number of carboxylic acid groups (broad SMARTS) is 1. The summed E-state index contributed by atoms with van der Waals surface area (Å²) < 4.78 is 56.6. The molecule has 3 aromatic carbocycles. The highest BCUT2D eigenvalue weighted by molar-refractivity contribution is 6.01. The van der Waals surface area contributed by atoms with Gasteiger partial charge in [-0.2, -0.15) is 13.2 Å². The SMILES string of the molecule is CCOC(=O)[C@@H]1C[C@@H](CC(=O)C2CC2)CN1C(=O)c1nc(-c2ccc(OC)c3nc(C(F)(F)F)ccc23)oc1[C@H](C)N.O=C(O)c1ccc2ccccc2c1O. The highest BCUT2D eigenvalue weighted by atomic mass is 19.4. The van der Waals surface area contributed by atoms with Gasteiger partial charge >= 0.3 is 18.1 Å². The number of amides is 1. The number of likely N-dealkylation sites (tertiary alicyclic amines) is 1. The van der Waals surface area contributed by atoms with Crippen molar-refractivity contribution >= 4 is 45.3 Å². The number of carbonyl (C=O) groups excluding carboxylic acids is 3. The smallest absolute Gasteiger partial charge is 0.433 e. The number of oxazole rings is 1. The van der Waals surface area contributed by atoms with Crippen molar-refractivity contribution in [2.45, 2.75) is 57.8 Å². The number of halogens is 3. The second-order valence-electron chi connectivity index (χ2n) is 13.7. The first-order chi connectivity index (χ1) is 26.6. The molecule has 1 saturated carbocycles. The number of pyridine rings is 1. The molecular weight excluding hydrogens is 737 g/mol. The van der Waals surface area contributed by atoms with Gasteiger partial charge in [-0.15, -0.1) is 0 Å².